The molecule has 0 aliphatic carbocycles. The van der Waals surface area contributed by atoms with E-state index in [4.69, 9.17) is 0 Å². The molecule has 1 aromatic carbocycles. The lowest BCUT2D eigenvalue weighted by atomic mass is 10.1. The first-order valence-electron chi connectivity index (χ1n) is 6.23. The average Bonchev–Trinajstić information content (AvgIpc) is 2.34. The fourth-order valence-electron chi connectivity index (χ4n) is 1.48. The van der Waals surface area contributed by atoms with Crippen LogP contribution in [0.1, 0.15) is 33.6 Å². The topological polar surface area (TPSA) is 0 Å². The second kappa shape index (κ2) is 8.19. The van der Waals surface area contributed by atoms with Crippen molar-refractivity contribution in [1.29, 1.82) is 0 Å². The molecule has 92 valence electrons. The third-order valence-electron chi connectivity index (χ3n) is 2.54. The molecule has 0 bridgehead atoms. The highest BCUT2D eigenvalue weighted by Gasteiger charge is 1.96. The van der Waals surface area contributed by atoms with Gasteiger partial charge in [0.15, 0.2) is 0 Å². The quantitative estimate of drug-likeness (QED) is 0.473. The minimum atomic E-state index is 1.15. The van der Waals surface area contributed by atoms with Crippen LogP contribution in [-0.2, 0) is 0 Å². The maximum atomic E-state index is 2.28. The lowest BCUT2D eigenvalue weighted by molar-refractivity contribution is 0.985. The molecule has 0 fully saturated rings. The number of thioether (sulfide) groups is 1. The molecule has 17 heavy (non-hydrogen) atoms. The van der Waals surface area contributed by atoms with E-state index in [-0.39, 0.29) is 0 Å². The fraction of sp³-hybridized carbons (Fsp3) is 0.375. The number of hydrogen-bond acceptors (Lipinski definition) is 1. The zero-order chi connectivity index (χ0) is 12.5. The fourth-order valence-corrected chi connectivity index (χ4v) is 2.43. The molecule has 1 rings (SSSR count). The second-order valence-corrected chi connectivity index (χ2v) is 5.50. The van der Waals surface area contributed by atoms with Gasteiger partial charge in [-0.05, 0) is 38.8 Å². The first kappa shape index (κ1) is 14.1. The molecule has 0 N–H and O–H groups in total. The maximum absolute atomic E-state index is 2.28. The van der Waals surface area contributed by atoms with Gasteiger partial charge in [-0.2, -0.15) is 0 Å². The van der Waals surface area contributed by atoms with Crippen LogP contribution < -0.4 is 0 Å². The highest BCUT2D eigenvalue weighted by Crippen LogP contribution is 2.20. The van der Waals surface area contributed by atoms with Crippen LogP contribution in [0.25, 0.3) is 0 Å². The number of benzene rings is 1. The molecular formula is C16H22S. The molecule has 0 heterocycles. The van der Waals surface area contributed by atoms with Gasteiger partial charge in [0.25, 0.3) is 0 Å². The van der Waals surface area contributed by atoms with Crippen LogP contribution in [0.15, 0.2) is 58.5 Å². The van der Waals surface area contributed by atoms with E-state index in [1.807, 2.05) is 11.8 Å². The summed E-state index contributed by atoms with van der Waals surface area (Å²) in [5, 5.41) is 0. The molecule has 1 heteroatoms. The van der Waals surface area contributed by atoms with E-state index < -0.39 is 0 Å². The summed E-state index contributed by atoms with van der Waals surface area (Å²) in [5.41, 5.74) is 2.90. The van der Waals surface area contributed by atoms with Crippen LogP contribution in [0.3, 0.4) is 0 Å². The Morgan fingerprint density at radius 2 is 1.82 bits per heavy atom. The molecule has 0 aliphatic heterocycles. The van der Waals surface area contributed by atoms with Crippen LogP contribution in [0.5, 0.6) is 0 Å². The summed E-state index contributed by atoms with van der Waals surface area (Å²) in [5.74, 6) is 1.17. The minimum Gasteiger partial charge on any atom is -0.126 e. The average molecular weight is 246 g/mol. The molecule has 1 aromatic rings. The Labute approximate surface area is 110 Å². The largest absolute Gasteiger partial charge is 0.126 e. The van der Waals surface area contributed by atoms with Crippen LogP contribution in [0.2, 0.25) is 0 Å². The van der Waals surface area contributed by atoms with Gasteiger partial charge in [0.1, 0.15) is 0 Å². The van der Waals surface area contributed by atoms with Gasteiger partial charge < -0.3 is 0 Å². The summed E-state index contributed by atoms with van der Waals surface area (Å²) in [6, 6.07) is 10.6. The van der Waals surface area contributed by atoms with E-state index >= 15 is 0 Å². The van der Waals surface area contributed by atoms with E-state index in [2.05, 4.69) is 63.3 Å². The molecule has 0 aromatic heterocycles. The van der Waals surface area contributed by atoms with E-state index in [9.17, 15) is 0 Å². The minimum absolute atomic E-state index is 1.15. The predicted octanol–water partition coefficient (Wildman–Crippen LogP) is 5.47. The molecule has 0 aliphatic rings. The van der Waals surface area contributed by atoms with Gasteiger partial charge in [-0.15, -0.1) is 11.8 Å². The Morgan fingerprint density at radius 1 is 1.12 bits per heavy atom. The SMILES string of the molecule is CC/C(=C\C=C(C)C)CCSc1ccccc1. The molecule has 0 spiro atoms. The predicted molar refractivity (Wildman–Crippen MR) is 79.6 cm³/mol. The molecule has 0 saturated carbocycles. The summed E-state index contributed by atoms with van der Waals surface area (Å²) < 4.78 is 0. The standard InChI is InChI=1S/C16H22S/c1-4-15(11-10-14(2)3)12-13-17-16-8-6-5-7-9-16/h5-11H,4,12-13H2,1-3H3/b15-11+. The van der Waals surface area contributed by atoms with E-state index in [1.165, 1.54) is 28.2 Å². The summed E-state index contributed by atoms with van der Waals surface area (Å²) in [6.45, 7) is 6.52. The van der Waals surface area contributed by atoms with Crippen molar-refractivity contribution in [3.05, 3.63) is 53.6 Å². The Bertz CT molecular complexity index is 370. The molecule has 0 atom stereocenters. The highest BCUT2D eigenvalue weighted by atomic mass is 32.2. The molecule has 0 amide bonds. The third-order valence-corrected chi connectivity index (χ3v) is 3.56. The highest BCUT2D eigenvalue weighted by molar-refractivity contribution is 7.99. The Morgan fingerprint density at radius 3 is 2.41 bits per heavy atom. The van der Waals surface area contributed by atoms with Crippen molar-refractivity contribution in [1.82, 2.24) is 0 Å². The van der Waals surface area contributed by atoms with Crippen molar-refractivity contribution in [2.24, 2.45) is 0 Å². The summed E-state index contributed by atoms with van der Waals surface area (Å²) in [6.07, 6.45) is 6.83. The van der Waals surface area contributed by atoms with Gasteiger partial charge in [0, 0.05) is 10.6 Å². The van der Waals surface area contributed by atoms with Crippen molar-refractivity contribution < 1.29 is 0 Å². The summed E-state index contributed by atoms with van der Waals surface area (Å²) >= 11 is 1.94. The number of rotatable bonds is 6. The zero-order valence-corrected chi connectivity index (χ0v) is 11.9. The summed E-state index contributed by atoms with van der Waals surface area (Å²) in [4.78, 5) is 1.37. The Kier molecular flexibility index (Phi) is 6.80. The first-order valence-corrected chi connectivity index (χ1v) is 7.21. The van der Waals surface area contributed by atoms with E-state index in [0.29, 0.717) is 0 Å². The lowest BCUT2D eigenvalue weighted by Gasteiger charge is -2.04. The van der Waals surface area contributed by atoms with Crippen LogP contribution in [-0.4, -0.2) is 5.75 Å². The Hall–Kier alpha value is -0.950. The van der Waals surface area contributed by atoms with E-state index in [1.54, 1.807) is 0 Å². The van der Waals surface area contributed by atoms with E-state index in [0.717, 1.165) is 6.42 Å². The lowest BCUT2D eigenvalue weighted by Crippen LogP contribution is -1.85. The molecule has 0 nitrogen and oxygen atoms in total. The molecule has 0 saturated heterocycles. The molecular weight excluding hydrogens is 224 g/mol. The van der Waals surface area contributed by atoms with Crippen molar-refractivity contribution in [3.63, 3.8) is 0 Å². The van der Waals surface area contributed by atoms with Gasteiger partial charge in [-0.1, -0.05) is 48.4 Å². The zero-order valence-electron chi connectivity index (χ0n) is 11.1. The van der Waals surface area contributed by atoms with Crippen LogP contribution in [0.4, 0.5) is 0 Å². The third kappa shape index (κ3) is 6.38. The monoisotopic (exact) mass is 246 g/mol. The number of allylic oxidation sites excluding steroid dienone is 4. The van der Waals surface area contributed by atoms with Gasteiger partial charge in [0.05, 0.1) is 0 Å². The van der Waals surface area contributed by atoms with Crippen molar-refractivity contribution >= 4 is 11.8 Å². The van der Waals surface area contributed by atoms with Crippen molar-refractivity contribution in [2.75, 3.05) is 5.75 Å². The molecule has 0 unspecified atom stereocenters. The van der Waals surface area contributed by atoms with Gasteiger partial charge in [-0.25, -0.2) is 0 Å². The van der Waals surface area contributed by atoms with Gasteiger partial charge in [0.2, 0.25) is 0 Å². The van der Waals surface area contributed by atoms with Crippen LogP contribution in [0, 0.1) is 0 Å². The smallest absolute Gasteiger partial charge is 0.00720 e. The van der Waals surface area contributed by atoms with Gasteiger partial charge in [-0.3, -0.25) is 0 Å². The Balaban J connectivity index is 2.39. The first-order chi connectivity index (χ1) is 8.22. The van der Waals surface area contributed by atoms with Crippen LogP contribution >= 0.6 is 11.8 Å². The maximum Gasteiger partial charge on any atom is 0.00720 e. The van der Waals surface area contributed by atoms with Crippen molar-refractivity contribution in [2.45, 2.75) is 38.5 Å². The normalized spacial score (nSPS) is 11.4. The van der Waals surface area contributed by atoms with Gasteiger partial charge >= 0.3 is 0 Å². The second-order valence-electron chi connectivity index (χ2n) is 4.33. The summed E-state index contributed by atoms with van der Waals surface area (Å²) in [7, 11) is 0. The van der Waals surface area contributed by atoms with Crippen molar-refractivity contribution in [3.8, 4) is 0 Å². The number of hydrogen-bond donors (Lipinski definition) is 0. The molecule has 0 radical (unpaired) electrons.